The fourth-order valence-electron chi connectivity index (χ4n) is 1.99. The zero-order chi connectivity index (χ0) is 15.2. The Hall–Kier alpha value is -1.27. The predicted molar refractivity (Wildman–Crippen MR) is 74.0 cm³/mol. The van der Waals surface area contributed by atoms with Gasteiger partial charge in [-0.25, -0.2) is 0 Å². The maximum atomic E-state index is 13.1. The van der Waals surface area contributed by atoms with E-state index in [9.17, 15) is 13.2 Å². The van der Waals surface area contributed by atoms with E-state index in [1.54, 1.807) is 32.2 Å². The molecule has 6 heteroatoms. The molecule has 3 nitrogen and oxygen atoms in total. The minimum absolute atomic E-state index is 0.197. The van der Waals surface area contributed by atoms with Crippen molar-refractivity contribution in [1.82, 2.24) is 5.32 Å². The minimum Gasteiger partial charge on any atom is -0.385 e. The summed E-state index contributed by atoms with van der Waals surface area (Å²) in [7, 11) is 5.02. The van der Waals surface area contributed by atoms with Gasteiger partial charge in [0.2, 0.25) is 0 Å². The van der Waals surface area contributed by atoms with Crippen molar-refractivity contribution in [1.29, 1.82) is 0 Å². The van der Waals surface area contributed by atoms with Gasteiger partial charge < -0.3 is 15.0 Å². The van der Waals surface area contributed by atoms with E-state index in [2.05, 4.69) is 5.32 Å². The van der Waals surface area contributed by atoms with E-state index in [0.29, 0.717) is 18.8 Å². The van der Waals surface area contributed by atoms with Crippen molar-refractivity contribution in [2.75, 3.05) is 39.3 Å². The summed E-state index contributed by atoms with van der Waals surface area (Å²) in [6.45, 7) is 1.44. The fourth-order valence-corrected chi connectivity index (χ4v) is 1.99. The normalized spacial score (nSPS) is 11.7. The summed E-state index contributed by atoms with van der Waals surface area (Å²) < 4.78 is 44.1. The number of hydrogen-bond donors (Lipinski definition) is 1. The van der Waals surface area contributed by atoms with Crippen LogP contribution in [0.15, 0.2) is 18.2 Å². The van der Waals surface area contributed by atoms with Gasteiger partial charge in [0.1, 0.15) is 0 Å². The largest absolute Gasteiger partial charge is 0.416 e. The van der Waals surface area contributed by atoms with Crippen molar-refractivity contribution in [2.24, 2.45) is 0 Å². The average molecular weight is 290 g/mol. The highest BCUT2D eigenvalue weighted by Gasteiger charge is 2.33. The quantitative estimate of drug-likeness (QED) is 0.782. The molecule has 0 aromatic heterocycles. The molecule has 114 valence electrons. The van der Waals surface area contributed by atoms with Crippen LogP contribution in [0.3, 0.4) is 0 Å². The molecule has 1 N–H and O–H groups in total. The van der Waals surface area contributed by atoms with E-state index in [4.69, 9.17) is 4.74 Å². The second-order valence-electron chi connectivity index (χ2n) is 4.64. The van der Waals surface area contributed by atoms with Crippen molar-refractivity contribution in [2.45, 2.75) is 19.1 Å². The van der Waals surface area contributed by atoms with Crippen LogP contribution in [-0.4, -0.2) is 34.4 Å². The number of benzene rings is 1. The summed E-state index contributed by atoms with van der Waals surface area (Å²) in [6.07, 6.45) is -3.57. The molecule has 0 unspecified atom stereocenters. The smallest absolute Gasteiger partial charge is 0.385 e. The molecule has 0 aliphatic rings. The molecule has 0 saturated heterocycles. The number of rotatable bonds is 7. The molecule has 1 aromatic carbocycles. The summed E-state index contributed by atoms with van der Waals surface area (Å²) in [5.41, 5.74) is 0.241. The van der Waals surface area contributed by atoms with Crippen LogP contribution in [0.25, 0.3) is 0 Å². The molecule has 0 saturated carbocycles. The van der Waals surface area contributed by atoms with Gasteiger partial charge in [0, 0.05) is 39.5 Å². The lowest BCUT2D eigenvalue weighted by Gasteiger charge is -2.22. The van der Waals surface area contributed by atoms with E-state index in [-0.39, 0.29) is 12.1 Å². The molecule has 0 fully saturated rings. The number of alkyl halides is 3. The van der Waals surface area contributed by atoms with Crippen molar-refractivity contribution >= 4 is 5.69 Å². The molecule has 0 radical (unpaired) electrons. The molecular weight excluding hydrogens is 269 g/mol. The lowest BCUT2D eigenvalue weighted by molar-refractivity contribution is -0.138. The van der Waals surface area contributed by atoms with Gasteiger partial charge >= 0.3 is 6.18 Å². The molecule has 0 atom stereocenters. The van der Waals surface area contributed by atoms with Crippen LogP contribution in [-0.2, 0) is 17.5 Å². The molecule has 1 aromatic rings. The van der Waals surface area contributed by atoms with Crippen molar-refractivity contribution in [3.05, 3.63) is 29.3 Å². The van der Waals surface area contributed by atoms with Crippen LogP contribution in [0.4, 0.5) is 18.9 Å². The zero-order valence-electron chi connectivity index (χ0n) is 12.0. The topological polar surface area (TPSA) is 24.5 Å². The number of hydrogen-bond acceptors (Lipinski definition) is 3. The third-order valence-corrected chi connectivity index (χ3v) is 3.05. The number of ether oxygens (including phenoxy) is 1. The van der Waals surface area contributed by atoms with Gasteiger partial charge in [-0.2, -0.15) is 13.2 Å². The van der Waals surface area contributed by atoms with Gasteiger partial charge in [-0.15, -0.1) is 0 Å². The SMILES string of the molecule is CNCc1ccc(N(C)CCCOC)cc1C(F)(F)F. The first kappa shape index (κ1) is 16.8. The van der Waals surface area contributed by atoms with Crippen LogP contribution >= 0.6 is 0 Å². The van der Waals surface area contributed by atoms with Gasteiger partial charge in [-0.05, 0) is 31.2 Å². The highest BCUT2D eigenvalue weighted by molar-refractivity contribution is 5.51. The molecule has 20 heavy (non-hydrogen) atoms. The summed E-state index contributed by atoms with van der Waals surface area (Å²) in [5, 5.41) is 2.76. The Labute approximate surface area is 117 Å². The number of methoxy groups -OCH3 is 1. The third kappa shape index (κ3) is 4.68. The fraction of sp³-hybridized carbons (Fsp3) is 0.571. The summed E-state index contributed by atoms with van der Waals surface area (Å²) in [6, 6.07) is 4.45. The number of nitrogens with one attached hydrogen (secondary N) is 1. The van der Waals surface area contributed by atoms with Crippen LogP contribution in [0.5, 0.6) is 0 Å². The second kappa shape index (κ2) is 7.50. The van der Waals surface area contributed by atoms with Gasteiger partial charge in [0.25, 0.3) is 0 Å². The standard InChI is InChI=1S/C14H21F3N2O/c1-18-10-11-5-6-12(9-13(11)14(15,16)17)19(2)7-4-8-20-3/h5-6,9,18H,4,7-8,10H2,1-3H3. The van der Waals surface area contributed by atoms with Gasteiger partial charge in [0.15, 0.2) is 0 Å². The molecule has 0 amide bonds. The molecule has 0 aliphatic heterocycles. The molecular formula is C14H21F3N2O. The van der Waals surface area contributed by atoms with Crippen molar-refractivity contribution in [3.63, 3.8) is 0 Å². The highest BCUT2D eigenvalue weighted by atomic mass is 19.4. The van der Waals surface area contributed by atoms with E-state index >= 15 is 0 Å². The lowest BCUT2D eigenvalue weighted by Crippen LogP contribution is -2.21. The highest BCUT2D eigenvalue weighted by Crippen LogP contribution is 2.34. The maximum absolute atomic E-state index is 13.1. The van der Waals surface area contributed by atoms with Gasteiger partial charge in [0.05, 0.1) is 5.56 Å². The number of nitrogens with zero attached hydrogens (tertiary/aromatic N) is 1. The maximum Gasteiger partial charge on any atom is 0.416 e. The Morgan fingerprint density at radius 3 is 2.55 bits per heavy atom. The van der Waals surface area contributed by atoms with Crippen molar-refractivity contribution < 1.29 is 17.9 Å². The van der Waals surface area contributed by atoms with Gasteiger partial charge in [-0.3, -0.25) is 0 Å². The minimum atomic E-state index is -4.34. The third-order valence-electron chi connectivity index (χ3n) is 3.05. The molecule has 0 aliphatic carbocycles. The number of halogens is 3. The van der Waals surface area contributed by atoms with Crippen LogP contribution in [0.1, 0.15) is 17.5 Å². The molecule has 1 rings (SSSR count). The summed E-state index contributed by atoms with van der Waals surface area (Å²) >= 11 is 0. The average Bonchev–Trinajstić information content (AvgIpc) is 2.38. The Bertz CT molecular complexity index is 421. The Balaban J connectivity index is 2.94. The van der Waals surface area contributed by atoms with E-state index < -0.39 is 11.7 Å². The Morgan fingerprint density at radius 1 is 1.30 bits per heavy atom. The Kier molecular flexibility index (Phi) is 6.29. The molecule has 0 bridgehead atoms. The monoisotopic (exact) mass is 290 g/mol. The first-order valence-electron chi connectivity index (χ1n) is 6.45. The summed E-state index contributed by atoms with van der Waals surface area (Å²) in [4.78, 5) is 1.80. The first-order valence-corrected chi connectivity index (χ1v) is 6.45. The van der Waals surface area contributed by atoms with Crippen LogP contribution < -0.4 is 10.2 Å². The van der Waals surface area contributed by atoms with Gasteiger partial charge in [-0.1, -0.05) is 6.07 Å². The van der Waals surface area contributed by atoms with Crippen LogP contribution in [0, 0.1) is 0 Å². The second-order valence-corrected chi connectivity index (χ2v) is 4.64. The van der Waals surface area contributed by atoms with E-state index in [1.807, 2.05) is 0 Å². The lowest BCUT2D eigenvalue weighted by atomic mass is 10.1. The summed E-state index contributed by atoms with van der Waals surface area (Å²) in [5.74, 6) is 0. The van der Waals surface area contributed by atoms with E-state index in [1.165, 1.54) is 12.1 Å². The van der Waals surface area contributed by atoms with Crippen LogP contribution in [0.2, 0.25) is 0 Å². The number of anilines is 1. The van der Waals surface area contributed by atoms with Crippen molar-refractivity contribution in [3.8, 4) is 0 Å². The Morgan fingerprint density at radius 2 is 2.00 bits per heavy atom. The molecule has 0 spiro atoms. The zero-order valence-corrected chi connectivity index (χ0v) is 12.0. The predicted octanol–water partition coefficient (Wildman–Crippen LogP) is 2.90. The molecule has 0 heterocycles. The van der Waals surface area contributed by atoms with E-state index in [0.717, 1.165) is 6.42 Å². The first-order chi connectivity index (χ1) is 9.40.